The lowest BCUT2D eigenvalue weighted by Crippen LogP contribution is -2.17. The van der Waals surface area contributed by atoms with Gasteiger partial charge in [-0.25, -0.2) is 4.79 Å². The van der Waals surface area contributed by atoms with Gasteiger partial charge >= 0.3 is 6.09 Å². The summed E-state index contributed by atoms with van der Waals surface area (Å²) in [6.45, 7) is 0. The van der Waals surface area contributed by atoms with Gasteiger partial charge < -0.3 is 28.4 Å². The molecular weight excluding hydrogens is 438 g/mol. The molecule has 0 heterocycles. The lowest BCUT2D eigenvalue weighted by Gasteiger charge is -2.13. The van der Waals surface area contributed by atoms with E-state index in [4.69, 9.17) is 28.4 Å². The minimum atomic E-state index is -0.673. The van der Waals surface area contributed by atoms with Gasteiger partial charge in [0, 0.05) is 0 Å². The van der Waals surface area contributed by atoms with Crippen LogP contribution in [0.5, 0.6) is 34.5 Å². The number of hydrogen-bond acceptors (Lipinski definition) is 7. The van der Waals surface area contributed by atoms with Crippen molar-refractivity contribution in [2.24, 2.45) is 0 Å². The lowest BCUT2D eigenvalue weighted by molar-refractivity contribution is 0.213. The molecular formula is C26H27NO7. The maximum atomic E-state index is 12.5. The third kappa shape index (κ3) is 5.72. The molecule has 8 nitrogen and oxygen atoms in total. The Bertz CT molecular complexity index is 1150. The summed E-state index contributed by atoms with van der Waals surface area (Å²) in [5.74, 6) is 2.87. The largest absolute Gasteiger partial charge is 0.495 e. The van der Waals surface area contributed by atoms with E-state index in [1.807, 2.05) is 30.4 Å². The van der Waals surface area contributed by atoms with E-state index in [1.54, 1.807) is 57.7 Å². The molecule has 0 saturated heterocycles. The summed E-state index contributed by atoms with van der Waals surface area (Å²) in [4.78, 5) is 12.5. The SMILES string of the molecule is COc1ccc(/C=C\c2cc(OC)c(OC)c(OC)c2)cc1NC(=O)Oc1ccccc1OC. The van der Waals surface area contributed by atoms with Crippen molar-refractivity contribution in [2.75, 3.05) is 40.9 Å². The Morgan fingerprint density at radius 3 is 1.82 bits per heavy atom. The maximum Gasteiger partial charge on any atom is 0.417 e. The molecule has 0 radical (unpaired) electrons. The van der Waals surface area contributed by atoms with E-state index in [1.165, 1.54) is 14.2 Å². The van der Waals surface area contributed by atoms with Crippen LogP contribution in [0.2, 0.25) is 0 Å². The fourth-order valence-electron chi connectivity index (χ4n) is 3.26. The number of methoxy groups -OCH3 is 5. The van der Waals surface area contributed by atoms with Gasteiger partial charge in [-0.15, -0.1) is 0 Å². The van der Waals surface area contributed by atoms with Crippen LogP contribution in [0.4, 0.5) is 10.5 Å². The fourth-order valence-corrected chi connectivity index (χ4v) is 3.26. The van der Waals surface area contributed by atoms with Gasteiger partial charge in [0.05, 0.1) is 41.2 Å². The van der Waals surface area contributed by atoms with Crippen molar-refractivity contribution in [1.82, 2.24) is 0 Å². The van der Waals surface area contributed by atoms with Crippen LogP contribution in [0, 0.1) is 0 Å². The zero-order valence-electron chi connectivity index (χ0n) is 19.7. The van der Waals surface area contributed by atoms with Crippen molar-refractivity contribution in [3.8, 4) is 34.5 Å². The van der Waals surface area contributed by atoms with Crippen LogP contribution in [0.3, 0.4) is 0 Å². The average Bonchev–Trinajstić information content (AvgIpc) is 2.87. The summed E-state index contributed by atoms with van der Waals surface area (Å²) >= 11 is 0. The molecule has 1 amide bonds. The molecule has 0 unspecified atom stereocenters. The number of benzene rings is 3. The van der Waals surface area contributed by atoms with Crippen molar-refractivity contribution < 1.29 is 33.2 Å². The van der Waals surface area contributed by atoms with Crippen LogP contribution in [0.25, 0.3) is 12.2 Å². The molecule has 0 aliphatic rings. The first-order valence-corrected chi connectivity index (χ1v) is 10.3. The molecule has 8 heteroatoms. The smallest absolute Gasteiger partial charge is 0.417 e. The van der Waals surface area contributed by atoms with Gasteiger partial charge in [-0.3, -0.25) is 5.32 Å². The second kappa shape index (κ2) is 11.5. The highest BCUT2D eigenvalue weighted by Gasteiger charge is 2.14. The maximum absolute atomic E-state index is 12.5. The molecule has 0 saturated carbocycles. The van der Waals surface area contributed by atoms with Crippen LogP contribution in [-0.2, 0) is 0 Å². The van der Waals surface area contributed by atoms with Crippen LogP contribution in [0.1, 0.15) is 11.1 Å². The summed E-state index contributed by atoms with van der Waals surface area (Å²) in [7, 11) is 7.72. The number of para-hydroxylation sites is 2. The molecule has 0 atom stereocenters. The Balaban J connectivity index is 1.82. The van der Waals surface area contributed by atoms with Crippen LogP contribution < -0.4 is 33.7 Å². The van der Waals surface area contributed by atoms with Crippen LogP contribution in [0.15, 0.2) is 54.6 Å². The van der Waals surface area contributed by atoms with Crippen molar-refractivity contribution >= 4 is 23.9 Å². The van der Waals surface area contributed by atoms with E-state index in [-0.39, 0.29) is 0 Å². The number of ether oxygens (including phenoxy) is 6. The monoisotopic (exact) mass is 465 g/mol. The average molecular weight is 466 g/mol. The number of rotatable bonds is 9. The van der Waals surface area contributed by atoms with Gasteiger partial charge in [0.15, 0.2) is 23.0 Å². The third-order valence-corrected chi connectivity index (χ3v) is 4.89. The van der Waals surface area contributed by atoms with E-state index in [9.17, 15) is 4.79 Å². The highest BCUT2D eigenvalue weighted by molar-refractivity contribution is 5.89. The van der Waals surface area contributed by atoms with Gasteiger partial charge in [0.25, 0.3) is 0 Å². The summed E-state index contributed by atoms with van der Waals surface area (Å²) in [6.07, 6.45) is 3.11. The number of amides is 1. The summed E-state index contributed by atoms with van der Waals surface area (Å²) < 4.78 is 32.2. The predicted octanol–water partition coefficient (Wildman–Crippen LogP) is 5.51. The Morgan fingerprint density at radius 2 is 1.24 bits per heavy atom. The molecule has 1 N–H and O–H groups in total. The van der Waals surface area contributed by atoms with E-state index >= 15 is 0 Å². The van der Waals surface area contributed by atoms with Gasteiger partial charge in [-0.05, 0) is 47.5 Å². The molecule has 0 fully saturated rings. The first-order chi connectivity index (χ1) is 16.5. The molecule has 34 heavy (non-hydrogen) atoms. The van der Waals surface area contributed by atoms with E-state index in [2.05, 4.69) is 5.32 Å². The Kier molecular flexibility index (Phi) is 8.23. The number of carbonyl (C=O) groups excluding carboxylic acids is 1. The van der Waals surface area contributed by atoms with Crippen molar-refractivity contribution in [1.29, 1.82) is 0 Å². The van der Waals surface area contributed by atoms with Crippen LogP contribution >= 0.6 is 0 Å². The highest BCUT2D eigenvalue weighted by Crippen LogP contribution is 2.38. The molecule has 3 aromatic rings. The Labute approximate surface area is 198 Å². The second-order valence-corrected chi connectivity index (χ2v) is 6.92. The van der Waals surface area contributed by atoms with E-state index in [0.717, 1.165) is 11.1 Å². The standard InChI is InChI=1S/C26H27NO7/c1-29-20-13-12-17(10-11-18-15-23(31-3)25(33-5)24(16-18)32-4)14-19(20)27-26(28)34-22-9-7-6-8-21(22)30-2/h6-16H,1-5H3,(H,27,28)/b11-10-. The Hall–Kier alpha value is -4.33. The number of hydrogen-bond donors (Lipinski definition) is 1. The topological polar surface area (TPSA) is 84.5 Å². The number of carbonyl (C=O) groups is 1. The normalized spacial score (nSPS) is 10.5. The fraction of sp³-hybridized carbons (Fsp3) is 0.192. The minimum Gasteiger partial charge on any atom is -0.495 e. The number of nitrogens with one attached hydrogen (secondary N) is 1. The molecule has 0 aliphatic heterocycles. The van der Waals surface area contributed by atoms with Crippen molar-refractivity contribution in [3.63, 3.8) is 0 Å². The Morgan fingerprint density at radius 1 is 0.647 bits per heavy atom. The molecule has 178 valence electrons. The summed E-state index contributed by atoms with van der Waals surface area (Å²) in [6, 6.07) is 16.0. The van der Waals surface area contributed by atoms with E-state index < -0.39 is 6.09 Å². The van der Waals surface area contributed by atoms with E-state index in [0.29, 0.717) is 40.2 Å². The molecule has 0 bridgehead atoms. The molecule has 3 aromatic carbocycles. The first-order valence-electron chi connectivity index (χ1n) is 10.3. The summed E-state index contributed by atoms with van der Waals surface area (Å²) in [5, 5.41) is 2.72. The van der Waals surface area contributed by atoms with Gasteiger partial charge in [-0.2, -0.15) is 0 Å². The number of anilines is 1. The predicted molar refractivity (Wildman–Crippen MR) is 131 cm³/mol. The zero-order valence-corrected chi connectivity index (χ0v) is 19.7. The molecule has 0 spiro atoms. The first kappa shape index (κ1) is 24.3. The quantitative estimate of drug-likeness (QED) is 0.417. The van der Waals surface area contributed by atoms with Gasteiger partial charge in [0.1, 0.15) is 5.75 Å². The zero-order chi connectivity index (χ0) is 24.5. The van der Waals surface area contributed by atoms with Gasteiger partial charge in [0.2, 0.25) is 5.75 Å². The molecule has 0 aliphatic carbocycles. The molecule has 0 aromatic heterocycles. The highest BCUT2D eigenvalue weighted by atomic mass is 16.6. The molecule has 3 rings (SSSR count). The second-order valence-electron chi connectivity index (χ2n) is 6.92. The van der Waals surface area contributed by atoms with Crippen molar-refractivity contribution in [3.05, 3.63) is 65.7 Å². The minimum absolute atomic E-state index is 0.305. The van der Waals surface area contributed by atoms with Crippen molar-refractivity contribution in [2.45, 2.75) is 0 Å². The lowest BCUT2D eigenvalue weighted by atomic mass is 10.1. The third-order valence-electron chi connectivity index (χ3n) is 4.89. The van der Waals surface area contributed by atoms with Crippen LogP contribution in [-0.4, -0.2) is 41.6 Å². The van der Waals surface area contributed by atoms with Gasteiger partial charge in [-0.1, -0.05) is 30.4 Å². The summed E-state index contributed by atoms with van der Waals surface area (Å²) in [5.41, 5.74) is 2.12.